The Hall–Kier alpha value is -6.59. The minimum absolute atomic E-state index is 0.0379. The number of benzene rings is 2. The highest BCUT2D eigenvalue weighted by molar-refractivity contribution is 6.34. The largest absolute Gasteiger partial charge is 0.438 e. The first-order valence-electron chi connectivity index (χ1n) is 22.4. The van der Waals surface area contributed by atoms with Crippen molar-refractivity contribution in [2.24, 2.45) is 7.05 Å². The van der Waals surface area contributed by atoms with Crippen LogP contribution >= 0.6 is 11.6 Å². The predicted molar refractivity (Wildman–Crippen MR) is 239 cm³/mol. The molecule has 66 heavy (non-hydrogen) atoms. The first-order chi connectivity index (χ1) is 31.7. The number of carbonyl (C=O) groups is 1. The Balaban J connectivity index is 1.01. The lowest BCUT2D eigenvalue weighted by Crippen LogP contribution is -2.40. The Morgan fingerprint density at radius 1 is 0.985 bits per heavy atom. The molecule has 2 aromatic carbocycles. The Labute approximate surface area is 380 Å². The zero-order chi connectivity index (χ0) is 45.6. The number of nitrogens with one attached hydrogen (secondary N) is 1. The Bertz CT molecular complexity index is 3450. The van der Waals surface area contributed by atoms with Crippen molar-refractivity contribution >= 4 is 33.9 Å². The van der Waals surface area contributed by atoms with Gasteiger partial charge in [0.25, 0.3) is 5.91 Å². The van der Waals surface area contributed by atoms with E-state index in [4.69, 9.17) is 26.0 Å². The molecule has 15 nitrogen and oxygen atoms in total. The molecule has 2 aliphatic heterocycles. The minimum Gasteiger partial charge on any atom is -0.376 e. The lowest BCUT2D eigenvalue weighted by Gasteiger charge is -2.35. The number of fused-ring (bicyclic) bond motifs is 3. The topological polar surface area (TPSA) is 155 Å². The van der Waals surface area contributed by atoms with Gasteiger partial charge >= 0.3 is 11.4 Å². The van der Waals surface area contributed by atoms with Crippen LogP contribution in [0, 0.1) is 11.6 Å². The van der Waals surface area contributed by atoms with E-state index >= 15 is 13.6 Å². The molecule has 4 aliphatic rings. The molecular weight excluding hydrogens is 870 g/mol. The molecule has 338 valence electrons. The molecule has 8 heterocycles. The van der Waals surface area contributed by atoms with Crippen molar-refractivity contribution in [1.82, 2.24) is 48.1 Å². The number of amides is 1. The molecule has 1 N–H and O–H groups in total. The summed E-state index contributed by atoms with van der Waals surface area (Å²) in [7, 11) is 1.72. The number of rotatable bonds is 8. The number of halogens is 3. The van der Waals surface area contributed by atoms with E-state index in [9.17, 15) is 9.59 Å². The fraction of sp³-hybridized carbons (Fsp3) is 0.375. The van der Waals surface area contributed by atoms with Gasteiger partial charge in [-0.25, -0.2) is 23.1 Å². The van der Waals surface area contributed by atoms with Gasteiger partial charge in [-0.05, 0) is 119 Å². The van der Waals surface area contributed by atoms with Crippen LogP contribution in [-0.4, -0.2) is 72.8 Å². The third-order valence-electron chi connectivity index (χ3n) is 14.5. The Morgan fingerprint density at radius 2 is 1.77 bits per heavy atom. The van der Waals surface area contributed by atoms with Gasteiger partial charge in [-0.1, -0.05) is 22.8 Å². The van der Waals surface area contributed by atoms with E-state index in [2.05, 4.69) is 35.2 Å². The van der Waals surface area contributed by atoms with Crippen LogP contribution in [0.2, 0.25) is 5.15 Å². The van der Waals surface area contributed by atoms with Gasteiger partial charge in [0.05, 0.1) is 62.3 Å². The smallest absolute Gasteiger partial charge is 0.376 e. The molecule has 2 saturated carbocycles. The monoisotopic (exact) mass is 914 g/mol. The number of pyridine rings is 1. The van der Waals surface area contributed by atoms with Gasteiger partial charge in [-0.2, -0.15) is 10.2 Å². The summed E-state index contributed by atoms with van der Waals surface area (Å²) in [6.45, 7) is 6.94. The molecular formula is C48H45ClF2N10O5. The van der Waals surface area contributed by atoms with Crippen molar-refractivity contribution in [2.75, 3.05) is 13.2 Å². The average Bonchev–Trinajstić information content (AvgIpc) is 4.08. The minimum atomic E-state index is -0.843. The number of nitrogens with zero attached hydrogens (tertiary/aromatic N) is 9. The summed E-state index contributed by atoms with van der Waals surface area (Å²) in [5, 5.41) is 13.9. The summed E-state index contributed by atoms with van der Waals surface area (Å²) in [4.78, 5) is 47.2. The zero-order valence-corrected chi connectivity index (χ0v) is 37.4. The molecule has 0 radical (unpaired) electrons. The average molecular weight is 915 g/mol. The Morgan fingerprint density at radius 3 is 2.52 bits per heavy atom. The maximum Gasteiger partial charge on any atom is 0.438 e. The van der Waals surface area contributed by atoms with Crippen LogP contribution in [0.15, 0.2) is 81.4 Å². The first-order valence-corrected chi connectivity index (χ1v) is 22.8. The van der Waals surface area contributed by atoms with Crippen molar-refractivity contribution in [1.29, 1.82) is 0 Å². The summed E-state index contributed by atoms with van der Waals surface area (Å²) < 4.78 is 50.2. The number of hydrogen-bond acceptors (Lipinski definition) is 8. The molecule has 1 saturated heterocycles. The highest BCUT2D eigenvalue weighted by Gasteiger charge is 2.54. The van der Waals surface area contributed by atoms with Gasteiger partial charge < -0.3 is 14.0 Å². The lowest BCUT2D eigenvalue weighted by atomic mass is 9.84. The maximum atomic E-state index is 16.2. The molecule has 8 aromatic rings. The number of imidazole rings is 1. The highest BCUT2D eigenvalue weighted by Crippen LogP contribution is 2.56. The van der Waals surface area contributed by atoms with Crippen molar-refractivity contribution in [3.63, 3.8) is 0 Å². The molecule has 3 fully saturated rings. The number of aromatic amines is 1. The Kier molecular flexibility index (Phi) is 8.95. The summed E-state index contributed by atoms with van der Waals surface area (Å²) in [5.41, 5.74) is 3.96. The summed E-state index contributed by atoms with van der Waals surface area (Å²) >= 11 is 7.46. The van der Waals surface area contributed by atoms with Gasteiger partial charge in [-0.15, -0.1) is 0 Å². The summed E-state index contributed by atoms with van der Waals surface area (Å²) in [6, 6.07) is 11.5. The summed E-state index contributed by atoms with van der Waals surface area (Å²) in [5.74, 6) is -1.01. The van der Waals surface area contributed by atoms with Crippen molar-refractivity contribution < 1.29 is 22.8 Å². The number of aryl methyl sites for hydroxylation is 1. The van der Waals surface area contributed by atoms with Crippen molar-refractivity contribution in [3.8, 4) is 17.2 Å². The van der Waals surface area contributed by atoms with Crippen LogP contribution in [0.1, 0.15) is 121 Å². The van der Waals surface area contributed by atoms with Crippen LogP contribution < -0.4 is 11.4 Å². The summed E-state index contributed by atoms with van der Waals surface area (Å²) in [6.07, 6.45) is 11.4. The van der Waals surface area contributed by atoms with Crippen LogP contribution in [-0.2, 0) is 23.6 Å². The van der Waals surface area contributed by atoms with Crippen LogP contribution in [0.25, 0.3) is 33.6 Å². The normalized spacial score (nSPS) is 20.1. The number of hydrogen-bond donors (Lipinski definition) is 1. The number of ether oxygens (including phenoxy) is 1. The first kappa shape index (κ1) is 40.9. The second kappa shape index (κ2) is 14.5. The number of carbonyl (C=O) groups excluding carboxylic acids is 1. The molecule has 0 unspecified atom stereocenters. The van der Waals surface area contributed by atoms with Gasteiger partial charge in [-0.3, -0.25) is 28.1 Å². The third kappa shape index (κ3) is 6.15. The van der Waals surface area contributed by atoms with Crippen molar-refractivity contribution in [3.05, 3.63) is 144 Å². The van der Waals surface area contributed by atoms with Gasteiger partial charge in [0.15, 0.2) is 11.6 Å². The second-order valence-electron chi connectivity index (χ2n) is 19.0. The molecule has 2 atom stereocenters. The molecule has 2 aliphatic carbocycles. The van der Waals surface area contributed by atoms with Crippen molar-refractivity contribution in [2.45, 2.75) is 94.6 Å². The van der Waals surface area contributed by atoms with Crippen LogP contribution in [0.4, 0.5) is 8.78 Å². The van der Waals surface area contributed by atoms with Crippen LogP contribution in [0.3, 0.4) is 0 Å². The van der Waals surface area contributed by atoms with E-state index in [0.717, 1.165) is 31.2 Å². The molecule has 18 heteroatoms. The second-order valence-corrected chi connectivity index (χ2v) is 19.4. The van der Waals surface area contributed by atoms with E-state index in [1.807, 2.05) is 23.6 Å². The van der Waals surface area contributed by atoms with E-state index < -0.39 is 28.7 Å². The van der Waals surface area contributed by atoms with E-state index in [1.54, 1.807) is 51.8 Å². The number of H-pyrrole nitrogens is 1. The fourth-order valence-electron chi connectivity index (χ4n) is 10.8. The molecule has 0 bridgehead atoms. The quantitative estimate of drug-likeness (QED) is 0.161. The molecule has 1 amide bonds. The maximum absolute atomic E-state index is 16.2. The fourth-order valence-corrected chi connectivity index (χ4v) is 11.1. The van der Waals surface area contributed by atoms with E-state index in [1.165, 1.54) is 27.6 Å². The molecule has 12 rings (SSSR count). The standard InChI is InChI=1S/C48H45ClF2N10O5/c1-25-37-33(54-61(29-8-9-32(50)30(21-29)26-5-6-26)42(37)59-19-18-58(46(59)64)36-12-11-34-31(40(36)51)23-52-56(34)4)13-17-57(25)43(62)38-39(48(15-16-48)44-53-45(63)66-55-44)35-10-7-28(24-60(35)41(38)49)27-14-20-65-47(2,3)22-27/h7-12,18-19,21,23-27H,5-6,13-17,20,22H2,1-4H3,(H,53,55,63)/t25-,27+/m0/s1. The lowest BCUT2D eigenvalue weighted by molar-refractivity contribution is -0.0593. The van der Waals surface area contributed by atoms with Gasteiger partial charge in [0.2, 0.25) is 0 Å². The third-order valence-corrected chi connectivity index (χ3v) is 14.8. The van der Waals surface area contributed by atoms with Gasteiger partial charge in [0.1, 0.15) is 16.8 Å². The zero-order valence-electron chi connectivity index (χ0n) is 36.6. The predicted octanol–water partition coefficient (Wildman–Crippen LogP) is 7.95. The molecule has 6 aromatic heterocycles. The van der Waals surface area contributed by atoms with Crippen LogP contribution in [0.5, 0.6) is 0 Å². The van der Waals surface area contributed by atoms with E-state index in [-0.39, 0.29) is 57.5 Å². The molecule has 0 spiro atoms. The highest BCUT2D eigenvalue weighted by atomic mass is 35.5. The number of aromatic nitrogens is 9. The SMILES string of the molecule is C[C@H]1c2c(nn(-c3ccc(F)c(C4CC4)c3)c2-n2ccn(-c3ccc4c(cnn4C)c3F)c2=O)CCN1C(=O)c1c(C2(c3noc(=O)[nH]3)CC2)c2ccc([C@@H]3CCOC(C)(C)C3)cn2c1Cl. The van der Waals surface area contributed by atoms with Gasteiger partial charge in [0, 0.05) is 56.3 Å². The van der Waals surface area contributed by atoms with E-state index in [0.29, 0.717) is 76.6 Å².